The number of hydrogen-bond acceptors (Lipinski definition) is 3. The van der Waals surface area contributed by atoms with Gasteiger partial charge in [-0.2, -0.15) is 0 Å². The molecular weight excluding hydrogens is 329 g/mol. The van der Waals surface area contributed by atoms with Crippen LogP contribution in [0.1, 0.15) is 23.2 Å². The highest BCUT2D eigenvalue weighted by Gasteiger charge is 2.41. The number of rotatable bonds is 1. The van der Waals surface area contributed by atoms with E-state index in [1.165, 1.54) is 6.07 Å². The Bertz CT molecular complexity index is 501. The van der Waals surface area contributed by atoms with E-state index in [2.05, 4.69) is 15.9 Å². The molecule has 1 spiro atoms. The Morgan fingerprint density at radius 3 is 2.50 bits per heavy atom. The van der Waals surface area contributed by atoms with Crippen molar-refractivity contribution in [3.05, 3.63) is 34.1 Å². The van der Waals surface area contributed by atoms with E-state index in [0.29, 0.717) is 43.6 Å². The Balaban J connectivity index is 1.73. The highest BCUT2D eigenvalue weighted by molar-refractivity contribution is 9.10. The van der Waals surface area contributed by atoms with Crippen molar-refractivity contribution in [2.45, 2.75) is 18.6 Å². The molecule has 1 aromatic rings. The molecule has 0 aliphatic carbocycles. The normalized spacial score (nSPS) is 21.4. The number of benzene rings is 1. The van der Waals surface area contributed by atoms with Crippen molar-refractivity contribution in [1.82, 2.24) is 4.90 Å². The van der Waals surface area contributed by atoms with E-state index in [9.17, 15) is 9.18 Å². The average molecular weight is 344 g/mol. The fourth-order valence-corrected chi connectivity index (χ4v) is 3.21. The molecule has 2 fully saturated rings. The van der Waals surface area contributed by atoms with E-state index < -0.39 is 11.6 Å². The topological polar surface area (TPSA) is 38.8 Å². The average Bonchev–Trinajstić information content (AvgIpc) is 2.87. The second-order valence-corrected chi connectivity index (χ2v) is 5.85. The molecule has 6 heteroatoms. The lowest BCUT2D eigenvalue weighted by atomic mass is 10.0. The fourth-order valence-electron chi connectivity index (χ4n) is 2.70. The number of piperidine rings is 1. The monoisotopic (exact) mass is 343 g/mol. The van der Waals surface area contributed by atoms with Crippen molar-refractivity contribution in [2.75, 3.05) is 26.3 Å². The van der Waals surface area contributed by atoms with Crippen LogP contribution in [0.4, 0.5) is 4.39 Å². The van der Waals surface area contributed by atoms with E-state index in [4.69, 9.17) is 9.47 Å². The third-order valence-electron chi connectivity index (χ3n) is 3.80. The Hall–Kier alpha value is -0.980. The zero-order valence-electron chi connectivity index (χ0n) is 10.9. The highest BCUT2D eigenvalue weighted by atomic mass is 79.9. The maximum absolute atomic E-state index is 13.8. The van der Waals surface area contributed by atoms with Gasteiger partial charge >= 0.3 is 0 Å². The van der Waals surface area contributed by atoms with Crippen LogP contribution >= 0.6 is 15.9 Å². The molecule has 108 valence electrons. The summed E-state index contributed by atoms with van der Waals surface area (Å²) in [6.45, 7) is 2.23. The Labute approximate surface area is 125 Å². The molecule has 3 rings (SSSR count). The summed E-state index contributed by atoms with van der Waals surface area (Å²) in [4.78, 5) is 14.1. The molecule has 2 saturated heterocycles. The lowest BCUT2D eigenvalue weighted by Gasteiger charge is -2.37. The minimum absolute atomic E-state index is 0.0942. The number of likely N-dealkylation sites (tertiary alicyclic amines) is 1. The summed E-state index contributed by atoms with van der Waals surface area (Å²) in [7, 11) is 0. The van der Waals surface area contributed by atoms with Gasteiger partial charge in [-0.3, -0.25) is 4.79 Å². The molecule has 20 heavy (non-hydrogen) atoms. The van der Waals surface area contributed by atoms with E-state index in [-0.39, 0.29) is 11.5 Å². The van der Waals surface area contributed by atoms with E-state index in [0.717, 1.165) is 0 Å². The van der Waals surface area contributed by atoms with E-state index in [1.54, 1.807) is 17.0 Å². The first kappa shape index (κ1) is 14.0. The van der Waals surface area contributed by atoms with Gasteiger partial charge in [0.15, 0.2) is 5.79 Å². The quantitative estimate of drug-likeness (QED) is 0.786. The minimum Gasteiger partial charge on any atom is -0.347 e. The van der Waals surface area contributed by atoms with Crippen LogP contribution in [-0.4, -0.2) is 42.9 Å². The first-order valence-electron chi connectivity index (χ1n) is 6.62. The number of ether oxygens (including phenoxy) is 2. The SMILES string of the molecule is O=C(c1c(F)cccc1Br)N1CCC2(CC1)OCCO2. The lowest BCUT2D eigenvalue weighted by molar-refractivity contribution is -0.181. The number of hydrogen-bond donors (Lipinski definition) is 0. The predicted octanol–water partition coefficient (Wildman–Crippen LogP) is 2.57. The number of nitrogens with zero attached hydrogens (tertiary/aromatic N) is 1. The summed E-state index contributed by atoms with van der Waals surface area (Å²) < 4.78 is 25.5. The summed E-state index contributed by atoms with van der Waals surface area (Å²) in [5, 5.41) is 0. The van der Waals surface area contributed by atoms with Gasteiger partial charge in [0.1, 0.15) is 5.82 Å². The molecule has 0 N–H and O–H groups in total. The number of carbonyl (C=O) groups excluding carboxylic acids is 1. The van der Waals surface area contributed by atoms with Crippen LogP contribution < -0.4 is 0 Å². The Morgan fingerprint density at radius 2 is 1.90 bits per heavy atom. The van der Waals surface area contributed by atoms with Crippen molar-refractivity contribution < 1.29 is 18.7 Å². The van der Waals surface area contributed by atoms with Crippen LogP contribution in [0, 0.1) is 5.82 Å². The summed E-state index contributed by atoms with van der Waals surface area (Å²) >= 11 is 3.24. The van der Waals surface area contributed by atoms with Crippen LogP contribution in [0.2, 0.25) is 0 Å². The molecule has 4 nitrogen and oxygen atoms in total. The Kier molecular flexibility index (Phi) is 3.79. The fraction of sp³-hybridized carbons (Fsp3) is 0.500. The standard InChI is InChI=1S/C14H15BrFNO3/c15-10-2-1-3-11(16)12(10)13(18)17-6-4-14(5-7-17)19-8-9-20-14/h1-3H,4-9H2. The van der Waals surface area contributed by atoms with Crippen LogP contribution in [-0.2, 0) is 9.47 Å². The molecule has 0 aromatic heterocycles. The van der Waals surface area contributed by atoms with Gasteiger partial charge in [-0.15, -0.1) is 0 Å². The maximum atomic E-state index is 13.8. The van der Waals surface area contributed by atoms with Gasteiger partial charge in [0, 0.05) is 30.4 Å². The molecule has 0 radical (unpaired) electrons. The van der Waals surface area contributed by atoms with E-state index in [1.807, 2.05) is 0 Å². The van der Waals surface area contributed by atoms with Gasteiger partial charge in [0.05, 0.1) is 18.8 Å². The molecule has 2 aliphatic heterocycles. The molecule has 1 aromatic carbocycles. The molecule has 0 atom stereocenters. The van der Waals surface area contributed by atoms with Crippen molar-refractivity contribution in [1.29, 1.82) is 0 Å². The van der Waals surface area contributed by atoms with Gasteiger partial charge < -0.3 is 14.4 Å². The van der Waals surface area contributed by atoms with Crippen LogP contribution in [0.3, 0.4) is 0 Å². The van der Waals surface area contributed by atoms with Gasteiger partial charge in [-0.05, 0) is 28.1 Å². The van der Waals surface area contributed by atoms with Gasteiger partial charge in [0.25, 0.3) is 5.91 Å². The largest absolute Gasteiger partial charge is 0.347 e. The maximum Gasteiger partial charge on any atom is 0.257 e. The second-order valence-electron chi connectivity index (χ2n) is 5.00. The lowest BCUT2D eigenvalue weighted by Crippen LogP contribution is -2.47. The van der Waals surface area contributed by atoms with Gasteiger partial charge in [0.2, 0.25) is 0 Å². The van der Waals surface area contributed by atoms with E-state index >= 15 is 0 Å². The second kappa shape index (κ2) is 5.42. The van der Waals surface area contributed by atoms with Crippen LogP contribution in [0.5, 0.6) is 0 Å². The smallest absolute Gasteiger partial charge is 0.257 e. The summed E-state index contributed by atoms with van der Waals surface area (Å²) in [5.74, 6) is -1.32. The third-order valence-corrected chi connectivity index (χ3v) is 4.46. The molecule has 0 unspecified atom stereocenters. The summed E-state index contributed by atoms with van der Waals surface area (Å²) in [5.41, 5.74) is 0.0942. The molecular formula is C14H15BrFNO3. The molecule has 0 saturated carbocycles. The van der Waals surface area contributed by atoms with Crippen molar-refractivity contribution in [2.24, 2.45) is 0 Å². The third kappa shape index (κ3) is 2.47. The first-order valence-corrected chi connectivity index (χ1v) is 7.42. The predicted molar refractivity (Wildman–Crippen MR) is 73.9 cm³/mol. The molecule has 2 heterocycles. The Morgan fingerprint density at radius 1 is 1.25 bits per heavy atom. The first-order chi connectivity index (χ1) is 9.61. The van der Waals surface area contributed by atoms with Crippen molar-refractivity contribution in [3.63, 3.8) is 0 Å². The number of halogens is 2. The zero-order chi connectivity index (χ0) is 14.2. The van der Waals surface area contributed by atoms with Gasteiger partial charge in [-0.1, -0.05) is 6.07 Å². The van der Waals surface area contributed by atoms with Gasteiger partial charge in [-0.25, -0.2) is 4.39 Å². The zero-order valence-corrected chi connectivity index (χ0v) is 12.5. The van der Waals surface area contributed by atoms with Crippen molar-refractivity contribution in [3.8, 4) is 0 Å². The van der Waals surface area contributed by atoms with Crippen LogP contribution in [0.25, 0.3) is 0 Å². The summed E-state index contributed by atoms with van der Waals surface area (Å²) in [6.07, 6.45) is 1.26. The minimum atomic E-state index is -0.525. The molecule has 2 aliphatic rings. The number of amides is 1. The summed E-state index contributed by atoms with van der Waals surface area (Å²) in [6, 6.07) is 4.54. The highest BCUT2D eigenvalue weighted by Crippen LogP contribution is 2.32. The van der Waals surface area contributed by atoms with Crippen LogP contribution in [0.15, 0.2) is 22.7 Å². The van der Waals surface area contributed by atoms with Crippen molar-refractivity contribution >= 4 is 21.8 Å². The number of carbonyl (C=O) groups is 1. The molecule has 1 amide bonds. The molecule has 0 bridgehead atoms.